The Morgan fingerprint density at radius 2 is 2.04 bits per heavy atom. The third kappa shape index (κ3) is 4.19. The maximum Gasteiger partial charge on any atom is 0.305 e. The van der Waals surface area contributed by atoms with Crippen molar-refractivity contribution in [1.82, 2.24) is 10.3 Å². The number of ether oxygens (including phenoxy) is 1. The molecule has 1 aliphatic rings. The Balaban J connectivity index is 1.64. The number of carboxylic acid groups (broad SMARTS) is 1. The van der Waals surface area contributed by atoms with Gasteiger partial charge in [0, 0.05) is 0 Å². The number of carbonyl (C=O) groups excluding carboxylic acids is 1. The molecule has 0 saturated heterocycles. The standard InChI is InChI=1S/C18H19FN2O4S/c1-11-16(17(24)21-18(7-2-8-18)9-15(22)23)26-14(20-11)10-25-13-5-3-12(19)4-6-13/h3-6H,2,7-10H2,1H3,(H,21,24)(H,22,23). The molecule has 1 aromatic heterocycles. The third-order valence-corrected chi connectivity index (χ3v) is 5.53. The van der Waals surface area contributed by atoms with Crippen molar-refractivity contribution in [3.63, 3.8) is 0 Å². The van der Waals surface area contributed by atoms with Crippen LogP contribution in [0, 0.1) is 12.7 Å². The zero-order valence-corrected chi connectivity index (χ0v) is 15.1. The number of rotatable bonds is 7. The van der Waals surface area contributed by atoms with Gasteiger partial charge < -0.3 is 15.2 Å². The zero-order chi connectivity index (χ0) is 18.7. The number of aromatic nitrogens is 1. The number of aliphatic carboxylic acids is 1. The molecular weight excluding hydrogens is 359 g/mol. The number of benzene rings is 1. The van der Waals surface area contributed by atoms with Crippen molar-refractivity contribution in [2.24, 2.45) is 0 Å². The van der Waals surface area contributed by atoms with E-state index in [9.17, 15) is 14.0 Å². The number of nitrogens with zero attached hydrogens (tertiary/aromatic N) is 1. The first-order valence-corrected chi connectivity index (χ1v) is 9.07. The van der Waals surface area contributed by atoms with Crippen LogP contribution < -0.4 is 10.1 Å². The molecule has 1 fully saturated rings. The second-order valence-electron chi connectivity index (χ2n) is 6.42. The highest BCUT2D eigenvalue weighted by molar-refractivity contribution is 7.13. The van der Waals surface area contributed by atoms with Crippen LogP contribution in [-0.2, 0) is 11.4 Å². The molecule has 6 nitrogen and oxygen atoms in total. The van der Waals surface area contributed by atoms with Gasteiger partial charge in [0.15, 0.2) is 0 Å². The van der Waals surface area contributed by atoms with Gasteiger partial charge in [-0.2, -0.15) is 0 Å². The Bertz CT molecular complexity index is 815. The van der Waals surface area contributed by atoms with Crippen molar-refractivity contribution in [1.29, 1.82) is 0 Å². The molecule has 3 rings (SSSR count). The summed E-state index contributed by atoms with van der Waals surface area (Å²) in [6.45, 7) is 1.90. The molecule has 0 aliphatic heterocycles. The van der Waals surface area contributed by atoms with Crippen LogP contribution in [0.3, 0.4) is 0 Å². The van der Waals surface area contributed by atoms with E-state index >= 15 is 0 Å². The van der Waals surface area contributed by atoms with Gasteiger partial charge in [-0.3, -0.25) is 9.59 Å². The van der Waals surface area contributed by atoms with Gasteiger partial charge in [-0.15, -0.1) is 11.3 Å². The number of hydrogen-bond donors (Lipinski definition) is 2. The Morgan fingerprint density at radius 3 is 2.62 bits per heavy atom. The van der Waals surface area contributed by atoms with E-state index in [4.69, 9.17) is 9.84 Å². The smallest absolute Gasteiger partial charge is 0.305 e. The second kappa shape index (κ2) is 7.41. The van der Waals surface area contributed by atoms with E-state index in [1.54, 1.807) is 6.92 Å². The summed E-state index contributed by atoms with van der Waals surface area (Å²) in [5, 5.41) is 12.6. The van der Waals surface area contributed by atoms with Crippen molar-refractivity contribution in [3.8, 4) is 5.75 Å². The van der Waals surface area contributed by atoms with E-state index in [1.165, 1.54) is 35.6 Å². The molecule has 1 saturated carbocycles. The first kappa shape index (κ1) is 18.3. The van der Waals surface area contributed by atoms with Crippen LogP contribution in [0.2, 0.25) is 0 Å². The van der Waals surface area contributed by atoms with E-state index in [1.807, 2.05) is 0 Å². The van der Waals surface area contributed by atoms with Gasteiger partial charge in [-0.1, -0.05) is 0 Å². The lowest BCUT2D eigenvalue weighted by atomic mass is 9.74. The highest BCUT2D eigenvalue weighted by Crippen LogP contribution is 2.35. The van der Waals surface area contributed by atoms with Gasteiger partial charge in [0.2, 0.25) is 0 Å². The summed E-state index contributed by atoms with van der Waals surface area (Å²) in [5.74, 6) is -1.04. The Morgan fingerprint density at radius 1 is 1.35 bits per heavy atom. The van der Waals surface area contributed by atoms with E-state index in [2.05, 4.69) is 10.3 Å². The molecular formula is C18H19FN2O4S. The van der Waals surface area contributed by atoms with Crippen LogP contribution >= 0.6 is 11.3 Å². The number of amides is 1. The highest BCUT2D eigenvalue weighted by atomic mass is 32.1. The third-order valence-electron chi connectivity index (χ3n) is 4.40. The van der Waals surface area contributed by atoms with Crippen molar-refractivity contribution < 1.29 is 23.8 Å². The lowest BCUT2D eigenvalue weighted by Crippen LogP contribution is -2.54. The monoisotopic (exact) mass is 378 g/mol. The van der Waals surface area contributed by atoms with Crippen LogP contribution in [0.25, 0.3) is 0 Å². The minimum Gasteiger partial charge on any atom is -0.486 e. The Labute approximate surface area is 154 Å². The predicted octanol–water partition coefficient (Wildman–Crippen LogP) is 3.30. The fraction of sp³-hybridized carbons (Fsp3) is 0.389. The molecule has 2 N–H and O–H groups in total. The predicted molar refractivity (Wildman–Crippen MR) is 93.9 cm³/mol. The molecule has 2 aromatic rings. The molecule has 1 aliphatic carbocycles. The number of aryl methyl sites for hydroxylation is 1. The minimum absolute atomic E-state index is 0.0723. The van der Waals surface area contributed by atoms with Gasteiger partial charge >= 0.3 is 5.97 Å². The molecule has 8 heteroatoms. The van der Waals surface area contributed by atoms with Crippen LogP contribution in [0.1, 0.15) is 46.1 Å². The number of carbonyl (C=O) groups is 2. The number of thiazole rings is 1. The van der Waals surface area contributed by atoms with Crippen molar-refractivity contribution in [3.05, 3.63) is 45.7 Å². The molecule has 1 aromatic carbocycles. The van der Waals surface area contributed by atoms with Gasteiger partial charge in [-0.05, 0) is 50.5 Å². The summed E-state index contributed by atoms with van der Waals surface area (Å²) >= 11 is 1.21. The van der Waals surface area contributed by atoms with Crippen molar-refractivity contribution in [2.45, 2.75) is 44.8 Å². The topological polar surface area (TPSA) is 88.5 Å². The van der Waals surface area contributed by atoms with E-state index < -0.39 is 11.5 Å². The molecule has 0 bridgehead atoms. The van der Waals surface area contributed by atoms with Crippen LogP contribution in [0.5, 0.6) is 5.75 Å². The molecule has 0 unspecified atom stereocenters. The molecule has 1 heterocycles. The lowest BCUT2D eigenvalue weighted by Gasteiger charge is -2.41. The largest absolute Gasteiger partial charge is 0.486 e. The van der Waals surface area contributed by atoms with Gasteiger partial charge in [0.25, 0.3) is 5.91 Å². The van der Waals surface area contributed by atoms with E-state index in [0.717, 1.165) is 6.42 Å². The quantitative estimate of drug-likeness (QED) is 0.772. The normalized spacial score (nSPS) is 15.2. The van der Waals surface area contributed by atoms with Crippen molar-refractivity contribution in [2.75, 3.05) is 0 Å². The summed E-state index contributed by atoms with van der Waals surface area (Å²) < 4.78 is 18.4. The maximum absolute atomic E-state index is 12.9. The fourth-order valence-electron chi connectivity index (χ4n) is 2.94. The van der Waals surface area contributed by atoms with Gasteiger partial charge in [-0.25, -0.2) is 9.37 Å². The fourth-order valence-corrected chi connectivity index (χ4v) is 3.81. The maximum atomic E-state index is 12.9. The SMILES string of the molecule is Cc1nc(COc2ccc(F)cc2)sc1C(=O)NC1(CC(=O)O)CCC1. The molecule has 0 atom stereocenters. The number of nitrogens with one attached hydrogen (secondary N) is 1. The van der Waals surface area contributed by atoms with E-state index in [0.29, 0.717) is 34.2 Å². The average Bonchev–Trinajstić information content (AvgIpc) is 2.93. The van der Waals surface area contributed by atoms with Crippen LogP contribution in [0.15, 0.2) is 24.3 Å². The highest BCUT2D eigenvalue weighted by Gasteiger charge is 2.41. The van der Waals surface area contributed by atoms with Gasteiger partial charge in [0.05, 0.1) is 17.7 Å². The zero-order valence-electron chi connectivity index (χ0n) is 14.3. The number of carboxylic acids is 1. The Kier molecular flexibility index (Phi) is 5.22. The summed E-state index contributed by atoms with van der Waals surface area (Å²) in [5.41, 5.74) is -0.0700. The Hall–Kier alpha value is -2.48. The summed E-state index contributed by atoms with van der Waals surface area (Å²) in [7, 11) is 0. The average molecular weight is 378 g/mol. The summed E-state index contributed by atoms with van der Waals surface area (Å²) in [4.78, 5) is 28.4. The molecule has 138 valence electrons. The van der Waals surface area contributed by atoms with Crippen LogP contribution in [0.4, 0.5) is 4.39 Å². The van der Waals surface area contributed by atoms with E-state index in [-0.39, 0.29) is 24.8 Å². The molecule has 1 amide bonds. The first-order chi connectivity index (χ1) is 12.4. The van der Waals surface area contributed by atoms with Gasteiger partial charge in [0.1, 0.15) is 28.1 Å². The summed E-state index contributed by atoms with van der Waals surface area (Å²) in [6.07, 6.45) is 2.18. The number of hydrogen-bond acceptors (Lipinski definition) is 5. The first-order valence-electron chi connectivity index (χ1n) is 8.26. The minimum atomic E-state index is -0.917. The molecule has 0 radical (unpaired) electrons. The second-order valence-corrected chi connectivity index (χ2v) is 7.51. The van der Waals surface area contributed by atoms with Crippen molar-refractivity contribution >= 4 is 23.2 Å². The van der Waals surface area contributed by atoms with Crippen LogP contribution in [-0.4, -0.2) is 27.5 Å². The number of halogens is 1. The molecule has 0 spiro atoms. The lowest BCUT2D eigenvalue weighted by molar-refractivity contribution is -0.139. The summed E-state index contributed by atoms with van der Waals surface area (Å²) in [6, 6.07) is 5.66. The molecule has 26 heavy (non-hydrogen) atoms.